The largest absolute Gasteiger partial charge is 0.481 e. The fourth-order valence-corrected chi connectivity index (χ4v) is 6.36. The van der Waals surface area contributed by atoms with Crippen LogP contribution in [-0.4, -0.2) is 26.9 Å². The van der Waals surface area contributed by atoms with Gasteiger partial charge in [-0.25, -0.2) is 0 Å². The topological polar surface area (TPSA) is 70.5 Å². The number of carbonyl (C=O) groups excluding carboxylic acids is 1. The molecule has 1 amide bonds. The molecule has 198 valence electrons. The Labute approximate surface area is 233 Å². The van der Waals surface area contributed by atoms with Gasteiger partial charge in [-0.3, -0.25) is 14.6 Å². The Morgan fingerprint density at radius 1 is 1.05 bits per heavy atom. The van der Waals surface area contributed by atoms with E-state index in [9.17, 15) is 14.7 Å². The molecule has 0 radical (unpaired) electrons. The molecule has 0 spiro atoms. The van der Waals surface area contributed by atoms with Gasteiger partial charge in [-0.05, 0) is 73.2 Å². The Morgan fingerprint density at radius 2 is 1.76 bits per heavy atom. The molecule has 1 N–H and O–H groups in total. The lowest BCUT2D eigenvalue weighted by atomic mass is 9.67. The van der Waals surface area contributed by atoms with Crippen LogP contribution in [0.4, 0.5) is 0 Å². The molecule has 3 aromatic rings. The van der Waals surface area contributed by atoms with E-state index >= 15 is 0 Å². The highest BCUT2D eigenvalue weighted by Crippen LogP contribution is 2.54. The third-order valence-electron chi connectivity index (χ3n) is 7.98. The molecule has 2 heterocycles. The highest BCUT2D eigenvalue weighted by molar-refractivity contribution is 6.30. The van der Waals surface area contributed by atoms with Gasteiger partial charge in [0.2, 0.25) is 5.91 Å². The van der Waals surface area contributed by atoms with Gasteiger partial charge in [0.05, 0.1) is 29.6 Å². The Balaban J connectivity index is 1.70. The van der Waals surface area contributed by atoms with Gasteiger partial charge in [-0.1, -0.05) is 67.4 Å². The normalized spacial score (nSPS) is 24.3. The Morgan fingerprint density at radius 3 is 2.39 bits per heavy atom. The third-order valence-corrected chi connectivity index (χ3v) is 8.47. The van der Waals surface area contributed by atoms with Crippen LogP contribution in [0, 0.1) is 5.41 Å². The van der Waals surface area contributed by atoms with E-state index in [1.54, 1.807) is 6.92 Å². The predicted molar refractivity (Wildman–Crippen MR) is 149 cm³/mol. The van der Waals surface area contributed by atoms with Crippen LogP contribution in [0.3, 0.4) is 0 Å². The number of aromatic nitrogens is 1. The zero-order valence-electron chi connectivity index (χ0n) is 21.6. The van der Waals surface area contributed by atoms with Crippen molar-refractivity contribution in [2.75, 3.05) is 0 Å². The second-order valence-corrected chi connectivity index (χ2v) is 11.8. The summed E-state index contributed by atoms with van der Waals surface area (Å²) in [6.45, 7) is 3.84. The van der Waals surface area contributed by atoms with E-state index in [-0.39, 0.29) is 30.3 Å². The van der Waals surface area contributed by atoms with Crippen molar-refractivity contribution in [3.05, 3.63) is 99.3 Å². The number of amides is 1. The van der Waals surface area contributed by atoms with Gasteiger partial charge in [0.15, 0.2) is 0 Å². The van der Waals surface area contributed by atoms with Gasteiger partial charge >= 0.3 is 5.97 Å². The maximum atomic E-state index is 14.5. The number of likely N-dealkylation sites (tertiary alicyclic amines) is 1. The summed E-state index contributed by atoms with van der Waals surface area (Å²) >= 11 is 12.7. The van der Waals surface area contributed by atoms with Crippen LogP contribution in [0.5, 0.6) is 0 Å². The predicted octanol–water partition coefficient (Wildman–Crippen LogP) is 7.96. The molecular formula is C31H32Cl2N2O3. The van der Waals surface area contributed by atoms with Gasteiger partial charge in [0, 0.05) is 27.6 Å². The molecule has 1 aromatic heterocycles. The summed E-state index contributed by atoms with van der Waals surface area (Å²) < 4.78 is 0. The van der Waals surface area contributed by atoms with Crippen molar-refractivity contribution in [2.45, 2.75) is 69.9 Å². The Bertz CT molecular complexity index is 1340. The first kappa shape index (κ1) is 26.7. The smallest absolute Gasteiger partial charge is 0.304 e. The summed E-state index contributed by atoms with van der Waals surface area (Å²) in [6.07, 6.45) is 3.04. The van der Waals surface area contributed by atoms with Crippen LogP contribution in [0.2, 0.25) is 10.0 Å². The summed E-state index contributed by atoms with van der Waals surface area (Å²) in [7, 11) is 0. The molecule has 0 bridgehead atoms. The average molecular weight is 552 g/mol. The van der Waals surface area contributed by atoms with E-state index in [0.29, 0.717) is 28.8 Å². The number of halogens is 2. The number of benzene rings is 2. The van der Waals surface area contributed by atoms with Crippen molar-refractivity contribution in [1.29, 1.82) is 0 Å². The molecule has 4 atom stereocenters. The summed E-state index contributed by atoms with van der Waals surface area (Å²) in [5, 5.41) is 11.1. The number of aliphatic carboxylic acids is 1. The number of pyridine rings is 1. The molecular weight excluding hydrogens is 519 g/mol. The van der Waals surface area contributed by atoms with Crippen LogP contribution in [0.1, 0.15) is 92.4 Å². The SMILES string of the molecule is CCC(c1cccc(C2CC2)n1)N1C(=O)[C@@](C)(CC(=O)O)C[C@H](c2cccc(Cl)c2)[C@H]1c1ccc(Cl)cc1. The first-order valence-electron chi connectivity index (χ1n) is 13.2. The molecule has 1 saturated heterocycles. The lowest BCUT2D eigenvalue weighted by molar-refractivity contribution is -0.161. The number of carboxylic acids is 1. The Hall–Kier alpha value is -2.89. The second kappa shape index (κ2) is 10.7. The standard InChI is InChI=1S/C31H32Cl2N2O3/c1-3-27(26-9-5-8-25(34-26)19-10-11-19)35-29(20-12-14-22(32)15-13-20)24(21-6-4-7-23(33)16-21)17-31(2,30(35)38)18-28(36)37/h4-9,12-16,19,24,27,29H,3,10-11,17-18H2,1-2H3,(H,36,37)/t24-,27?,29-,31-/m1/s1. The first-order chi connectivity index (χ1) is 18.2. The minimum Gasteiger partial charge on any atom is -0.481 e. The summed E-state index contributed by atoms with van der Waals surface area (Å²) in [6, 6.07) is 20.7. The van der Waals surface area contributed by atoms with Crippen molar-refractivity contribution in [2.24, 2.45) is 5.41 Å². The van der Waals surface area contributed by atoms with Crippen molar-refractivity contribution in [3.63, 3.8) is 0 Å². The number of piperidine rings is 1. The number of hydrogen-bond donors (Lipinski definition) is 1. The molecule has 38 heavy (non-hydrogen) atoms. The van der Waals surface area contributed by atoms with Crippen molar-refractivity contribution >= 4 is 35.1 Å². The Kier molecular flexibility index (Phi) is 7.52. The number of carbonyl (C=O) groups is 2. The fourth-order valence-electron chi connectivity index (χ4n) is 6.03. The molecule has 5 nitrogen and oxygen atoms in total. The lowest BCUT2D eigenvalue weighted by Gasteiger charge is -2.51. The number of nitrogens with zero attached hydrogens (tertiary/aromatic N) is 2. The minimum atomic E-state index is -1.09. The molecule has 5 rings (SSSR count). The number of rotatable bonds is 8. The summed E-state index contributed by atoms with van der Waals surface area (Å²) in [5.74, 6) is -0.855. The van der Waals surface area contributed by atoms with E-state index in [4.69, 9.17) is 28.2 Å². The van der Waals surface area contributed by atoms with Crippen molar-refractivity contribution in [3.8, 4) is 0 Å². The fraction of sp³-hybridized carbons (Fsp3) is 0.387. The first-order valence-corrected chi connectivity index (χ1v) is 14.0. The van der Waals surface area contributed by atoms with Crippen molar-refractivity contribution in [1.82, 2.24) is 9.88 Å². The molecule has 1 aliphatic heterocycles. The third kappa shape index (κ3) is 5.32. The van der Waals surface area contributed by atoms with E-state index in [0.717, 1.165) is 35.4 Å². The van der Waals surface area contributed by atoms with Crippen molar-refractivity contribution < 1.29 is 14.7 Å². The van der Waals surface area contributed by atoms with Gasteiger partial charge in [-0.2, -0.15) is 0 Å². The maximum Gasteiger partial charge on any atom is 0.304 e. The van der Waals surface area contributed by atoms with E-state index < -0.39 is 11.4 Å². The van der Waals surface area contributed by atoms with E-state index in [1.807, 2.05) is 65.6 Å². The monoisotopic (exact) mass is 550 g/mol. The minimum absolute atomic E-state index is 0.163. The average Bonchev–Trinajstić information content (AvgIpc) is 3.73. The number of carboxylic acid groups (broad SMARTS) is 1. The van der Waals surface area contributed by atoms with Gasteiger partial charge in [-0.15, -0.1) is 0 Å². The molecule has 2 fully saturated rings. The quantitative estimate of drug-likeness (QED) is 0.308. The number of hydrogen-bond acceptors (Lipinski definition) is 3. The van der Waals surface area contributed by atoms with Crippen LogP contribution in [0.15, 0.2) is 66.7 Å². The zero-order chi connectivity index (χ0) is 27.0. The molecule has 2 aromatic carbocycles. The van der Waals surface area contributed by atoms with Crippen LogP contribution < -0.4 is 0 Å². The second-order valence-electron chi connectivity index (χ2n) is 10.9. The van der Waals surface area contributed by atoms with Gasteiger partial charge < -0.3 is 10.0 Å². The lowest BCUT2D eigenvalue weighted by Crippen LogP contribution is -2.53. The molecule has 2 aliphatic rings. The maximum absolute atomic E-state index is 14.5. The molecule has 7 heteroatoms. The molecule has 1 aliphatic carbocycles. The molecule has 1 unspecified atom stereocenters. The highest BCUT2D eigenvalue weighted by Gasteiger charge is 2.52. The zero-order valence-corrected chi connectivity index (χ0v) is 23.1. The highest BCUT2D eigenvalue weighted by atomic mass is 35.5. The summed E-state index contributed by atoms with van der Waals surface area (Å²) in [5.41, 5.74) is 2.73. The van der Waals surface area contributed by atoms with E-state index in [2.05, 4.69) is 13.0 Å². The van der Waals surface area contributed by atoms with Crippen LogP contribution in [0.25, 0.3) is 0 Å². The van der Waals surface area contributed by atoms with Gasteiger partial charge in [0.1, 0.15) is 0 Å². The van der Waals surface area contributed by atoms with E-state index in [1.165, 1.54) is 0 Å². The van der Waals surface area contributed by atoms with Crippen LogP contribution in [-0.2, 0) is 9.59 Å². The van der Waals surface area contributed by atoms with Gasteiger partial charge in [0.25, 0.3) is 0 Å². The summed E-state index contributed by atoms with van der Waals surface area (Å²) in [4.78, 5) is 33.4. The van der Waals surface area contributed by atoms with Crippen LogP contribution >= 0.6 is 23.2 Å². The molecule has 1 saturated carbocycles.